The Morgan fingerprint density at radius 1 is 1.05 bits per heavy atom. The van der Waals surface area contributed by atoms with E-state index < -0.39 is 11.9 Å². The average Bonchev–Trinajstić information content (AvgIpc) is 2.87. The van der Waals surface area contributed by atoms with Gasteiger partial charge in [0.1, 0.15) is 12.3 Å². The Balaban J connectivity index is 2.36. The van der Waals surface area contributed by atoms with Crippen molar-refractivity contribution in [3.05, 3.63) is 42.1 Å². The minimum absolute atomic E-state index is 0.0360. The van der Waals surface area contributed by atoms with Crippen LogP contribution >= 0.6 is 0 Å². The summed E-state index contributed by atoms with van der Waals surface area (Å²) in [6.07, 6.45) is 0.254. The van der Waals surface area contributed by atoms with Crippen molar-refractivity contribution < 1.29 is 24.5 Å². The second-order valence-electron chi connectivity index (χ2n) is 4.81. The molecule has 1 aromatic heterocycles. The number of nitrogens with zero attached hydrogens (tertiary/aromatic N) is 1. The van der Waals surface area contributed by atoms with Crippen molar-refractivity contribution in [1.82, 2.24) is 4.57 Å². The highest BCUT2D eigenvalue weighted by Gasteiger charge is 2.13. The Morgan fingerprint density at radius 2 is 1.73 bits per heavy atom. The largest absolute Gasteiger partial charge is 0.497 e. The van der Waals surface area contributed by atoms with Crippen LogP contribution in [0.5, 0.6) is 5.75 Å². The molecule has 0 amide bonds. The van der Waals surface area contributed by atoms with Gasteiger partial charge in [0.15, 0.2) is 0 Å². The van der Waals surface area contributed by atoms with Crippen LogP contribution in [0.1, 0.15) is 12.1 Å². The van der Waals surface area contributed by atoms with Crippen LogP contribution in [0, 0.1) is 0 Å². The third-order valence-corrected chi connectivity index (χ3v) is 3.35. The van der Waals surface area contributed by atoms with Crippen molar-refractivity contribution in [3.8, 4) is 17.0 Å². The van der Waals surface area contributed by atoms with E-state index in [1.54, 1.807) is 29.9 Å². The molecule has 2 aromatic rings. The molecule has 0 fully saturated rings. The van der Waals surface area contributed by atoms with Crippen molar-refractivity contribution in [2.24, 2.45) is 0 Å². The molecule has 0 aliphatic carbocycles. The summed E-state index contributed by atoms with van der Waals surface area (Å²) in [5.74, 6) is -1.16. The van der Waals surface area contributed by atoms with Gasteiger partial charge in [0.05, 0.1) is 13.5 Å². The fraction of sp³-hybridized carbons (Fsp3) is 0.250. The Labute approximate surface area is 127 Å². The van der Waals surface area contributed by atoms with Gasteiger partial charge in [-0.2, -0.15) is 0 Å². The van der Waals surface area contributed by atoms with E-state index in [9.17, 15) is 9.59 Å². The third-order valence-electron chi connectivity index (χ3n) is 3.35. The topological polar surface area (TPSA) is 88.8 Å². The Kier molecular flexibility index (Phi) is 4.83. The van der Waals surface area contributed by atoms with Crippen LogP contribution in [0.2, 0.25) is 0 Å². The van der Waals surface area contributed by atoms with E-state index >= 15 is 0 Å². The molecule has 0 atom stereocenters. The lowest BCUT2D eigenvalue weighted by atomic mass is 10.1. The first-order chi connectivity index (χ1) is 10.5. The van der Waals surface area contributed by atoms with E-state index in [0.717, 1.165) is 11.3 Å². The van der Waals surface area contributed by atoms with Crippen LogP contribution in [0.15, 0.2) is 36.4 Å². The number of ether oxygens (including phenoxy) is 1. The first kappa shape index (κ1) is 15.6. The predicted molar refractivity (Wildman–Crippen MR) is 80.0 cm³/mol. The molecule has 0 spiro atoms. The van der Waals surface area contributed by atoms with Crippen molar-refractivity contribution >= 4 is 11.9 Å². The molecule has 0 radical (unpaired) electrons. The van der Waals surface area contributed by atoms with E-state index in [4.69, 9.17) is 14.9 Å². The molecule has 0 unspecified atom stereocenters. The zero-order chi connectivity index (χ0) is 16.1. The number of rotatable bonds is 7. The van der Waals surface area contributed by atoms with Crippen molar-refractivity contribution in [3.63, 3.8) is 0 Å². The number of aliphatic carboxylic acids is 2. The Morgan fingerprint density at radius 3 is 2.27 bits per heavy atom. The summed E-state index contributed by atoms with van der Waals surface area (Å²) in [4.78, 5) is 21.8. The second kappa shape index (κ2) is 6.80. The highest BCUT2D eigenvalue weighted by Crippen LogP contribution is 2.25. The lowest BCUT2D eigenvalue weighted by molar-refractivity contribution is -0.138. The molecule has 1 aromatic carbocycles. The zero-order valence-corrected chi connectivity index (χ0v) is 12.2. The molecule has 6 heteroatoms. The fourth-order valence-corrected chi connectivity index (χ4v) is 2.30. The molecule has 0 saturated heterocycles. The number of carboxylic acids is 2. The summed E-state index contributed by atoms with van der Waals surface area (Å²) in [5, 5.41) is 17.9. The molecule has 2 N–H and O–H groups in total. The number of hydrogen-bond acceptors (Lipinski definition) is 3. The zero-order valence-electron chi connectivity index (χ0n) is 12.2. The number of benzene rings is 1. The first-order valence-corrected chi connectivity index (χ1v) is 6.77. The first-order valence-electron chi connectivity index (χ1n) is 6.77. The number of carbonyl (C=O) groups is 2. The van der Waals surface area contributed by atoms with Gasteiger partial charge in [-0.15, -0.1) is 0 Å². The molecule has 1 heterocycles. The van der Waals surface area contributed by atoms with E-state index in [2.05, 4.69) is 0 Å². The maximum atomic E-state index is 11.1. The summed E-state index contributed by atoms with van der Waals surface area (Å²) in [6, 6.07) is 10.9. The number of carboxylic acid groups (broad SMARTS) is 2. The van der Waals surface area contributed by atoms with Crippen LogP contribution in [-0.4, -0.2) is 33.8 Å². The number of hydrogen-bond donors (Lipinski definition) is 2. The fourth-order valence-electron chi connectivity index (χ4n) is 2.30. The Hall–Kier alpha value is -2.76. The van der Waals surface area contributed by atoms with Gasteiger partial charge in [-0.05, 0) is 48.4 Å². The average molecular weight is 303 g/mol. The third kappa shape index (κ3) is 3.66. The highest BCUT2D eigenvalue weighted by molar-refractivity contribution is 5.70. The molecule has 0 aliphatic rings. The molecule has 116 valence electrons. The second-order valence-corrected chi connectivity index (χ2v) is 4.81. The smallest absolute Gasteiger partial charge is 0.323 e. The summed E-state index contributed by atoms with van der Waals surface area (Å²) < 4.78 is 6.74. The van der Waals surface area contributed by atoms with Crippen LogP contribution < -0.4 is 4.74 Å². The Bertz CT molecular complexity index is 672. The maximum absolute atomic E-state index is 11.1. The van der Waals surface area contributed by atoms with E-state index in [-0.39, 0.29) is 13.0 Å². The molecular weight excluding hydrogens is 286 g/mol. The molecule has 6 nitrogen and oxygen atoms in total. The number of aromatic nitrogens is 1. The maximum Gasteiger partial charge on any atom is 0.323 e. The lowest BCUT2D eigenvalue weighted by Crippen LogP contribution is -2.13. The van der Waals surface area contributed by atoms with Crippen LogP contribution in [0.25, 0.3) is 11.3 Å². The van der Waals surface area contributed by atoms with Gasteiger partial charge in [-0.3, -0.25) is 9.59 Å². The van der Waals surface area contributed by atoms with Gasteiger partial charge in [0, 0.05) is 11.4 Å². The van der Waals surface area contributed by atoms with Gasteiger partial charge < -0.3 is 19.5 Å². The van der Waals surface area contributed by atoms with Gasteiger partial charge >= 0.3 is 11.9 Å². The summed E-state index contributed by atoms with van der Waals surface area (Å²) >= 11 is 0. The van der Waals surface area contributed by atoms with Crippen LogP contribution in [0.4, 0.5) is 0 Å². The highest BCUT2D eigenvalue weighted by atomic mass is 16.5. The molecule has 0 bridgehead atoms. The summed E-state index contributed by atoms with van der Waals surface area (Å²) in [6.45, 7) is -0.205. The number of methoxy groups -OCH3 is 1. The predicted octanol–water partition coefficient (Wildman–Crippen LogP) is 2.27. The summed E-state index contributed by atoms with van der Waals surface area (Å²) in [5.41, 5.74) is 2.28. The minimum Gasteiger partial charge on any atom is -0.497 e. The molecule has 2 rings (SSSR count). The molecule has 22 heavy (non-hydrogen) atoms. The van der Waals surface area contributed by atoms with Gasteiger partial charge in [-0.1, -0.05) is 0 Å². The van der Waals surface area contributed by atoms with Crippen LogP contribution in [0.3, 0.4) is 0 Å². The quantitative estimate of drug-likeness (QED) is 0.819. The summed E-state index contributed by atoms with van der Waals surface area (Å²) in [7, 11) is 1.58. The lowest BCUT2D eigenvalue weighted by Gasteiger charge is -2.11. The molecule has 0 saturated carbocycles. The number of aryl methyl sites for hydroxylation is 1. The van der Waals surface area contributed by atoms with E-state index in [1.165, 1.54) is 0 Å². The monoisotopic (exact) mass is 303 g/mol. The normalized spacial score (nSPS) is 10.4. The van der Waals surface area contributed by atoms with Crippen LogP contribution in [-0.2, 0) is 22.6 Å². The van der Waals surface area contributed by atoms with Gasteiger partial charge in [0.2, 0.25) is 0 Å². The van der Waals surface area contributed by atoms with Gasteiger partial charge in [0.25, 0.3) is 0 Å². The molecular formula is C16H17NO5. The minimum atomic E-state index is -0.970. The molecule has 0 aliphatic heterocycles. The SMILES string of the molecule is COc1ccc(-c2ccc(CCC(=O)O)n2CC(=O)O)cc1. The van der Waals surface area contributed by atoms with E-state index in [0.29, 0.717) is 17.9 Å². The van der Waals surface area contributed by atoms with Crippen molar-refractivity contribution in [2.45, 2.75) is 19.4 Å². The standard InChI is InChI=1S/C16H17NO5/c1-22-13-6-2-11(3-7-13)14-8-4-12(5-9-15(18)19)17(14)10-16(20)21/h2-4,6-8H,5,9-10H2,1H3,(H,18,19)(H,20,21). The van der Waals surface area contributed by atoms with Crippen molar-refractivity contribution in [2.75, 3.05) is 7.11 Å². The van der Waals surface area contributed by atoms with E-state index in [1.807, 2.05) is 18.2 Å². The van der Waals surface area contributed by atoms with Crippen molar-refractivity contribution in [1.29, 1.82) is 0 Å². The van der Waals surface area contributed by atoms with Gasteiger partial charge in [-0.25, -0.2) is 0 Å².